The van der Waals surface area contributed by atoms with E-state index in [0.717, 1.165) is 6.07 Å². The molecule has 7 heteroatoms. The number of nitrogens with one attached hydrogen (secondary N) is 1. The summed E-state index contributed by atoms with van der Waals surface area (Å²) in [6.45, 7) is 0.428. The molecular weight excluding hydrogens is 270 g/mol. The number of nitriles is 1. The number of benzene rings is 1. The van der Waals surface area contributed by atoms with Crippen LogP contribution in [0.5, 0.6) is 0 Å². The minimum absolute atomic E-state index is 0.00410. The maximum absolute atomic E-state index is 11.7. The van der Waals surface area contributed by atoms with Crippen LogP contribution in [0, 0.1) is 21.4 Å². The maximum atomic E-state index is 11.7. The number of unbranched alkanes of at least 4 members (excludes halogenated alkanes) is 2. The highest BCUT2D eigenvalue weighted by Crippen LogP contribution is 2.24. The number of rotatable bonds is 6. The Morgan fingerprint density at radius 3 is 2.84 bits per heavy atom. The molecule has 1 amide bonds. The summed E-state index contributed by atoms with van der Waals surface area (Å²) >= 11 is 5.65. The molecular formula is C12H12ClN3O3. The first-order chi connectivity index (χ1) is 9.06. The van der Waals surface area contributed by atoms with E-state index in [1.807, 2.05) is 6.07 Å². The van der Waals surface area contributed by atoms with Gasteiger partial charge in [0.1, 0.15) is 5.02 Å². The van der Waals surface area contributed by atoms with Crippen LogP contribution in [-0.2, 0) is 0 Å². The van der Waals surface area contributed by atoms with Gasteiger partial charge < -0.3 is 5.32 Å². The van der Waals surface area contributed by atoms with E-state index in [4.69, 9.17) is 16.9 Å². The monoisotopic (exact) mass is 281 g/mol. The summed E-state index contributed by atoms with van der Waals surface area (Å²) < 4.78 is 0. The van der Waals surface area contributed by atoms with Crippen molar-refractivity contribution in [1.82, 2.24) is 5.32 Å². The number of carbonyl (C=O) groups excluding carboxylic acids is 1. The van der Waals surface area contributed by atoms with Crippen LogP contribution >= 0.6 is 11.6 Å². The molecule has 6 nitrogen and oxygen atoms in total. The van der Waals surface area contributed by atoms with E-state index >= 15 is 0 Å². The normalized spacial score (nSPS) is 9.68. The van der Waals surface area contributed by atoms with Crippen molar-refractivity contribution in [3.05, 3.63) is 38.9 Å². The zero-order valence-corrected chi connectivity index (χ0v) is 10.8. The molecule has 0 bridgehead atoms. The van der Waals surface area contributed by atoms with Crippen LogP contribution in [0.25, 0.3) is 0 Å². The highest BCUT2D eigenvalue weighted by atomic mass is 35.5. The van der Waals surface area contributed by atoms with E-state index in [1.54, 1.807) is 0 Å². The summed E-state index contributed by atoms with van der Waals surface area (Å²) in [6, 6.07) is 5.91. The second-order valence-corrected chi connectivity index (χ2v) is 4.20. The van der Waals surface area contributed by atoms with Crippen molar-refractivity contribution in [1.29, 1.82) is 5.26 Å². The molecule has 0 unspecified atom stereocenters. The van der Waals surface area contributed by atoms with Crippen molar-refractivity contribution in [2.45, 2.75) is 19.3 Å². The van der Waals surface area contributed by atoms with Gasteiger partial charge in [0.25, 0.3) is 11.6 Å². The summed E-state index contributed by atoms with van der Waals surface area (Å²) in [4.78, 5) is 21.8. The van der Waals surface area contributed by atoms with Crippen LogP contribution < -0.4 is 5.32 Å². The molecule has 0 atom stereocenters. The smallest absolute Gasteiger partial charge is 0.288 e. The van der Waals surface area contributed by atoms with E-state index in [0.29, 0.717) is 25.8 Å². The Balaban J connectivity index is 2.60. The standard InChI is InChI=1S/C12H12ClN3O3/c13-10-5-4-9(8-11(10)16(18)19)12(17)15-7-3-1-2-6-14/h4-5,8H,1-3,7H2,(H,15,17). The summed E-state index contributed by atoms with van der Waals surface area (Å²) in [6.07, 6.45) is 1.84. The molecule has 1 aromatic carbocycles. The Morgan fingerprint density at radius 1 is 1.47 bits per heavy atom. The van der Waals surface area contributed by atoms with Crippen molar-refractivity contribution >= 4 is 23.2 Å². The molecule has 0 radical (unpaired) electrons. The Bertz CT molecular complexity index is 525. The average Bonchev–Trinajstić information content (AvgIpc) is 2.38. The first-order valence-electron chi connectivity index (χ1n) is 5.65. The quantitative estimate of drug-likeness (QED) is 0.492. The third-order valence-corrected chi connectivity index (χ3v) is 2.73. The lowest BCUT2D eigenvalue weighted by atomic mass is 10.2. The maximum Gasteiger partial charge on any atom is 0.288 e. The average molecular weight is 282 g/mol. The largest absolute Gasteiger partial charge is 0.352 e. The van der Waals surface area contributed by atoms with Gasteiger partial charge in [-0.25, -0.2) is 0 Å². The fourth-order valence-corrected chi connectivity index (χ4v) is 1.61. The summed E-state index contributed by atoms with van der Waals surface area (Å²) in [5.41, 5.74) is -0.102. The third-order valence-electron chi connectivity index (χ3n) is 2.41. The van der Waals surface area contributed by atoms with Gasteiger partial charge in [-0.3, -0.25) is 14.9 Å². The number of nitrogens with zero attached hydrogens (tertiary/aromatic N) is 2. The predicted molar refractivity (Wildman–Crippen MR) is 69.9 cm³/mol. The molecule has 1 aromatic rings. The molecule has 1 rings (SSSR count). The van der Waals surface area contributed by atoms with E-state index in [2.05, 4.69) is 5.32 Å². The van der Waals surface area contributed by atoms with Crippen LogP contribution in [0.4, 0.5) is 5.69 Å². The van der Waals surface area contributed by atoms with Gasteiger partial charge in [-0.2, -0.15) is 5.26 Å². The van der Waals surface area contributed by atoms with Crippen LogP contribution in [0.3, 0.4) is 0 Å². The lowest BCUT2D eigenvalue weighted by Crippen LogP contribution is -2.24. The third kappa shape index (κ3) is 4.56. The second kappa shape index (κ2) is 7.34. The van der Waals surface area contributed by atoms with E-state index in [1.165, 1.54) is 12.1 Å². The van der Waals surface area contributed by atoms with Crippen LogP contribution in [-0.4, -0.2) is 17.4 Å². The molecule has 100 valence electrons. The van der Waals surface area contributed by atoms with Crippen molar-refractivity contribution in [2.75, 3.05) is 6.54 Å². The number of hydrogen-bond donors (Lipinski definition) is 1. The molecule has 0 saturated heterocycles. The first kappa shape index (κ1) is 14.9. The van der Waals surface area contributed by atoms with Gasteiger partial charge in [-0.05, 0) is 25.0 Å². The van der Waals surface area contributed by atoms with Crippen molar-refractivity contribution < 1.29 is 9.72 Å². The summed E-state index contributed by atoms with van der Waals surface area (Å²) in [7, 11) is 0. The van der Waals surface area contributed by atoms with Gasteiger partial charge >= 0.3 is 0 Å². The molecule has 19 heavy (non-hydrogen) atoms. The molecule has 0 aliphatic carbocycles. The van der Waals surface area contributed by atoms with Crippen LogP contribution in [0.1, 0.15) is 29.6 Å². The van der Waals surface area contributed by atoms with E-state index < -0.39 is 10.8 Å². The molecule has 0 heterocycles. The zero-order chi connectivity index (χ0) is 14.3. The number of hydrogen-bond acceptors (Lipinski definition) is 4. The molecule has 0 fully saturated rings. The van der Waals surface area contributed by atoms with E-state index in [9.17, 15) is 14.9 Å². The Hall–Kier alpha value is -2.13. The molecule has 0 aliphatic heterocycles. The molecule has 0 spiro atoms. The Morgan fingerprint density at radius 2 is 2.21 bits per heavy atom. The minimum atomic E-state index is -0.633. The number of nitro benzene ring substituents is 1. The lowest BCUT2D eigenvalue weighted by molar-refractivity contribution is -0.384. The lowest BCUT2D eigenvalue weighted by Gasteiger charge is -2.04. The van der Waals surface area contributed by atoms with Crippen LogP contribution in [0.15, 0.2) is 18.2 Å². The number of nitro groups is 1. The first-order valence-corrected chi connectivity index (χ1v) is 6.03. The van der Waals surface area contributed by atoms with Gasteiger partial charge in [0.2, 0.25) is 0 Å². The minimum Gasteiger partial charge on any atom is -0.352 e. The molecule has 0 aromatic heterocycles. The van der Waals surface area contributed by atoms with Crippen molar-refractivity contribution in [3.8, 4) is 6.07 Å². The zero-order valence-electron chi connectivity index (χ0n) is 10.1. The Kier molecular flexibility index (Phi) is 5.76. The van der Waals surface area contributed by atoms with Gasteiger partial charge in [-0.1, -0.05) is 11.6 Å². The highest BCUT2D eigenvalue weighted by molar-refractivity contribution is 6.32. The van der Waals surface area contributed by atoms with Gasteiger partial charge in [0, 0.05) is 24.6 Å². The van der Waals surface area contributed by atoms with Crippen molar-refractivity contribution in [3.63, 3.8) is 0 Å². The SMILES string of the molecule is N#CCCCCNC(=O)c1ccc(Cl)c([N+](=O)[O-])c1. The highest BCUT2D eigenvalue weighted by Gasteiger charge is 2.15. The molecule has 1 N–H and O–H groups in total. The van der Waals surface area contributed by atoms with Crippen LogP contribution in [0.2, 0.25) is 5.02 Å². The predicted octanol–water partition coefficient (Wildman–Crippen LogP) is 2.67. The molecule has 0 aliphatic rings. The van der Waals surface area contributed by atoms with Crippen molar-refractivity contribution in [2.24, 2.45) is 0 Å². The molecule has 0 saturated carbocycles. The second-order valence-electron chi connectivity index (χ2n) is 3.79. The van der Waals surface area contributed by atoms with Gasteiger partial charge in [0.05, 0.1) is 11.0 Å². The Labute approximate surface area is 115 Å². The number of amides is 1. The fraction of sp³-hybridized carbons (Fsp3) is 0.333. The fourth-order valence-electron chi connectivity index (χ4n) is 1.43. The summed E-state index contributed by atoms with van der Waals surface area (Å²) in [5, 5.41) is 21.7. The van der Waals surface area contributed by atoms with Gasteiger partial charge in [-0.15, -0.1) is 0 Å². The topological polar surface area (TPSA) is 96.0 Å². The number of halogens is 1. The number of carbonyl (C=O) groups is 1. The summed E-state index contributed by atoms with van der Waals surface area (Å²) in [5.74, 6) is -0.392. The van der Waals surface area contributed by atoms with Gasteiger partial charge in [0.15, 0.2) is 0 Å². The van der Waals surface area contributed by atoms with E-state index in [-0.39, 0.29) is 16.3 Å².